The first-order valence-corrected chi connectivity index (χ1v) is 9.30. The molecule has 0 aromatic heterocycles. The van der Waals surface area contributed by atoms with Gasteiger partial charge in [0.15, 0.2) is 0 Å². The first-order valence-electron chi connectivity index (χ1n) is 9.30. The summed E-state index contributed by atoms with van der Waals surface area (Å²) in [5, 5.41) is 2.63. The molecule has 0 radical (unpaired) electrons. The van der Waals surface area contributed by atoms with Crippen molar-refractivity contribution in [1.82, 2.24) is 20.0 Å². The van der Waals surface area contributed by atoms with Crippen molar-refractivity contribution in [2.45, 2.75) is 63.6 Å². The lowest BCUT2D eigenvalue weighted by Gasteiger charge is -2.46. The molecular formula is C18H34N4O2. The van der Waals surface area contributed by atoms with Crippen LogP contribution in [0.5, 0.6) is 0 Å². The summed E-state index contributed by atoms with van der Waals surface area (Å²) >= 11 is 0. The first-order chi connectivity index (χ1) is 11.4. The van der Waals surface area contributed by atoms with Gasteiger partial charge in [0.1, 0.15) is 0 Å². The van der Waals surface area contributed by atoms with E-state index in [1.807, 2.05) is 11.9 Å². The SMILES string of the molecule is CC(=O)NCC(=O)N(C)C1CCCCC1N(C)C1CCN(C)CC1. The summed E-state index contributed by atoms with van der Waals surface area (Å²) in [5.74, 6) is -0.140. The lowest BCUT2D eigenvalue weighted by atomic mass is 9.86. The number of carbonyl (C=O) groups is 2. The number of hydrogen-bond donors (Lipinski definition) is 1. The van der Waals surface area contributed by atoms with Gasteiger partial charge in [-0.05, 0) is 52.9 Å². The Bertz CT molecular complexity index is 435. The molecule has 138 valence electrons. The Labute approximate surface area is 146 Å². The van der Waals surface area contributed by atoms with Gasteiger partial charge in [0, 0.05) is 32.1 Å². The zero-order chi connectivity index (χ0) is 17.7. The van der Waals surface area contributed by atoms with Crippen LogP contribution in [-0.2, 0) is 9.59 Å². The van der Waals surface area contributed by atoms with Crippen molar-refractivity contribution in [1.29, 1.82) is 0 Å². The predicted octanol–water partition coefficient (Wildman–Crippen LogP) is 0.918. The van der Waals surface area contributed by atoms with Crippen molar-refractivity contribution < 1.29 is 9.59 Å². The van der Waals surface area contributed by atoms with Gasteiger partial charge in [-0.25, -0.2) is 0 Å². The molecule has 0 aromatic rings. The molecule has 2 fully saturated rings. The second kappa shape index (κ2) is 8.81. The summed E-state index contributed by atoms with van der Waals surface area (Å²) in [5.41, 5.74) is 0. The van der Waals surface area contributed by atoms with E-state index in [2.05, 4.69) is 29.2 Å². The average Bonchev–Trinajstić information content (AvgIpc) is 2.59. The third-order valence-corrected chi connectivity index (χ3v) is 5.86. The topological polar surface area (TPSA) is 55.9 Å². The van der Waals surface area contributed by atoms with Gasteiger partial charge in [-0.1, -0.05) is 12.8 Å². The fraction of sp³-hybridized carbons (Fsp3) is 0.889. The highest BCUT2D eigenvalue weighted by molar-refractivity contribution is 5.83. The summed E-state index contributed by atoms with van der Waals surface area (Å²) in [6.45, 7) is 3.87. The molecule has 0 aromatic carbocycles. The van der Waals surface area contributed by atoms with E-state index in [1.54, 1.807) is 0 Å². The van der Waals surface area contributed by atoms with Crippen molar-refractivity contribution in [2.24, 2.45) is 0 Å². The molecule has 6 heteroatoms. The second-order valence-electron chi connectivity index (χ2n) is 7.53. The standard InChI is InChI=1S/C18H34N4O2/c1-14(23)19-13-18(24)22(4)17-8-6-5-7-16(17)21(3)15-9-11-20(2)12-10-15/h15-17H,5-13H2,1-4H3,(H,19,23). The molecule has 1 heterocycles. The molecule has 0 spiro atoms. The summed E-state index contributed by atoms with van der Waals surface area (Å²) in [4.78, 5) is 30.3. The second-order valence-corrected chi connectivity index (χ2v) is 7.53. The molecule has 1 saturated carbocycles. The van der Waals surface area contributed by atoms with Crippen molar-refractivity contribution in [2.75, 3.05) is 40.8 Å². The van der Waals surface area contributed by atoms with Crippen LogP contribution in [0.1, 0.15) is 45.4 Å². The molecule has 2 aliphatic rings. The quantitative estimate of drug-likeness (QED) is 0.810. The molecule has 2 unspecified atom stereocenters. The van der Waals surface area contributed by atoms with Gasteiger partial charge < -0.3 is 15.1 Å². The van der Waals surface area contributed by atoms with Crippen LogP contribution < -0.4 is 5.32 Å². The zero-order valence-corrected chi connectivity index (χ0v) is 15.8. The van der Waals surface area contributed by atoms with E-state index in [-0.39, 0.29) is 24.4 Å². The lowest BCUT2D eigenvalue weighted by molar-refractivity contribution is -0.135. The number of rotatable bonds is 5. The number of carbonyl (C=O) groups excluding carboxylic acids is 2. The maximum absolute atomic E-state index is 12.4. The van der Waals surface area contributed by atoms with Gasteiger partial charge in [0.05, 0.1) is 6.54 Å². The third-order valence-electron chi connectivity index (χ3n) is 5.86. The fourth-order valence-corrected chi connectivity index (χ4v) is 4.20. The maximum atomic E-state index is 12.4. The number of likely N-dealkylation sites (tertiary alicyclic amines) is 1. The Morgan fingerprint density at radius 1 is 1.04 bits per heavy atom. The van der Waals surface area contributed by atoms with E-state index in [4.69, 9.17) is 0 Å². The van der Waals surface area contributed by atoms with Gasteiger partial charge in [-0.2, -0.15) is 0 Å². The van der Waals surface area contributed by atoms with Crippen LogP contribution in [0.4, 0.5) is 0 Å². The Balaban J connectivity index is 1.98. The van der Waals surface area contributed by atoms with Gasteiger partial charge in [0.2, 0.25) is 11.8 Å². The Hall–Kier alpha value is -1.14. The molecule has 2 atom stereocenters. The normalized spacial score (nSPS) is 26.4. The molecule has 1 N–H and O–H groups in total. The number of hydrogen-bond acceptors (Lipinski definition) is 4. The predicted molar refractivity (Wildman–Crippen MR) is 95.8 cm³/mol. The highest BCUT2D eigenvalue weighted by atomic mass is 16.2. The molecule has 1 aliphatic heterocycles. The highest BCUT2D eigenvalue weighted by Gasteiger charge is 2.36. The van der Waals surface area contributed by atoms with Crippen LogP contribution in [0.3, 0.4) is 0 Å². The molecule has 1 aliphatic carbocycles. The summed E-state index contributed by atoms with van der Waals surface area (Å²) < 4.78 is 0. The lowest BCUT2D eigenvalue weighted by Crippen LogP contribution is -2.57. The van der Waals surface area contributed by atoms with Crippen molar-refractivity contribution in [3.05, 3.63) is 0 Å². The molecule has 6 nitrogen and oxygen atoms in total. The van der Waals surface area contributed by atoms with Crippen LogP contribution in [0.25, 0.3) is 0 Å². The largest absolute Gasteiger partial charge is 0.347 e. The highest BCUT2D eigenvalue weighted by Crippen LogP contribution is 2.29. The van der Waals surface area contributed by atoms with E-state index < -0.39 is 0 Å². The molecule has 0 bridgehead atoms. The minimum absolute atomic E-state index is 0.0128. The van der Waals surface area contributed by atoms with Crippen molar-refractivity contribution >= 4 is 11.8 Å². The smallest absolute Gasteiger partial charge is 0.242 e. The number of piperidine rings is 1. The van der Waals surface area contributed by atoms with Gasteiger partial charge in [-0.15, -0.1) is 0 Å². The Morgan fingerprint density at radius 2 is 1.62 bits per heavy atom. The molecule has 24 heavy (non-hydrogen) atoms. The van der Waals surface area contributed by atoms with Gasteiger partial charge >= 0.3 is 0 Å². The molecule has 2 amide bonds. The van der Waals surface area contributed by atoms with Crippen LogP contribution in [0.15, 0.2) is 0 Å². The molecular weight excluding hydrogens is 304 g/mol. The Morgan fingerprint density at radius 3 is 2.21 bits per heavy atom. The minimum atomic E-state index is -0.152. The minimum Gasteiger partial charge on any atom is -0.347 e. The van der Waals surface area contributed by atoms with E-state index >= 15 is 0 Å². The number of likely N-dealkylation sites (N-methyl/N-ethyl adjacent to an activating group) is 2. The fourth-order valence-electron chi connectivity index (χ4n) is 4.20. The number of amides is 2. The monoisotopic (exact) mass is 338 g/mol. The van der Waals surface area contributed by atoms with Crippen molar-refractivity contribution in [3.63, 3.8) is 0 Å². The van der Waals surface area contributed by atoms with E-state index in [0.717, 1.165) is 25.9 Å². The van der Waals surface area contributed by atoms with Crippen molar-refractivity contribution in [3.8, 4) is 0 Å². The van der Waals surface area contributed by atoms with E-state index in [1.165, 1.54) is 32.6 Å². The number of nitrogens with zero attached hydrogens (tertiary/aromatic N) is 3. The number of nitrogens with one attached hydrogen (secondary N) is 1. The van der Waals surface area contributed by atoms with E-state index in [0.29, 0.717) is 12.1 Å². The Kier molecular flexibility index (Phi) is 7.04. The van der Waals surface area contributed by atoms with Gasteiger partial charge in [-0.3, -0.25) is 14.5 Å². The zero-order valence-electron chi connectivity index (χ0n) is 15.8. The molecule has 2 rings (SSSR count). The maximum Gasteiger partial charge on any atom is 0.242 e. The third kappa shape index (κ3) is 4.93. The van der Waals surface area contributed by atoms with Crippen LogP contribution in [0, 0.1) is 0 Å². The van der Waals surface area contributed by atoms with Crippen LogP contribution >= 0.6 is 0 Å². The molecule has 1 saturated heterocycles. The summed E-state index contributed by atoms with van der Waals surface area (Å²) in [6.07, 6.45) is 7.06. The first kappa shape index (κ1) is 19.2. The summed E-state index contributed by atoms with van der Waals surface area (Å²) in [7, 11) is 6.33. The van der Waals surface area contributed by atoms with Crippen LogP contribution in [-0.4, -0.2) is 85.4 Å². The van der Waals surface area contributed by atoms with E-state index in [9.17, 15) is 9.59 Å². The van der Waals surface area contributed by atoms with Crippen LogP contribution in [0.2, 0.25) is 0 Å². The average molecular weight is 338 g/mol. The summed E-state index contributed by atoms with van der Waals surface area (Å²) in [6, 6.07) is 1.30. The van der Waals surface area contributed by atoms with Gasteiger partial charge in [0.25, 0.3) is 0 Å².